The van der Waals surface area contributed by atoms with Gasteiger partial charge >= 0.3 is 0 Å². The number of rotatable bonds is 4. The standard InChI is InChI=1S/C13H21FN4/c1-3-15-13-16-8-11(14)12(18-13)17-10-6-4-5-9(2)7-10/h8-10H,3-7H2,1-2H3,(H2,15,16,17,18). The van der Waals surface area contributed by atoms with Crippen molar-refractivity contribution in [2.45, 2.75) is 45.6 Å². The van der Waals surface area contributed by atoms with Crippen LogP contribution in [0.25, 0.3) is 0 Å². The molecule has 1 aliphatic carbocycles. The molecule has 1 aliphatic rings. The Hall–Kier alpha value is -1.39. The molecule has 2 rings (SSSR count). The van der Waals surface area contributed by atoms with Crippen LogP contribution in [0.5, 0.6) is 0 Å². The van der Waals surface area contributed by atoms with Crippen LogP contribution in [0.15, 0.2) is 6.20 Å². The maximum atomic E-state index is 13.6. The van der Waals surface area contributed by atoms with Crippen LogP contribution in [-0.4, -0.2) is 22.6 Å². The molecule has 1 fully saturated rings. The maximum absolute atomic E-state index is 13.6. The Morgan fingerprint density at radius 1 is 1.44 bits per heavy atom. The Kier molecular flexibility index (Phi) is 4.33. The predicted octanol–water partition coefficient (Wildman–Crippen LogP) is 3.04. The van der Waals surface area contributed by atoms with Crippen LogP contribution in [0.4, 0.5) is 16.2 Å². The van der Waals surface area contributed by atoms with Crippen molar-refractivity contribution in [3.8, 4) is 0 Å². The minimum atomic E-state index is -0.380. The zero-order valence-corrected chi connectivity index (χ0v) is 11.0. The second-order valence-corrected chi connectivity index (χ2v) is 5.03. The van der Waals surface area contributed by atoms with E-state index in [0.29, 0.717) is 23.7 Å². The van der Waals surface area contributed by atoms with E-state index in [-0.39, 0.29) is 5.82 Å². The second kappa shape index (κ2) is 5.98. The smallest absolute Gasteiger partial charge is 0.224 e. The number of hydrogen-bond acceptors (Lipinski definition) is 4. The quantitative estimate of drug-likeness (QED) is 0.864. The van der Waals surface area contributed by atoms with Crippen molar-refractivity contribution in [2.24, 2.45) is 5.92 Å². The summed E-state index contributed by atoms with van der Waals surface area (Å²) in [6, 6.07) is 0.327. The van der Waals surface area contributed by atoms with Crippen molar-refractivity contribution in [3.05, 3.63) is 12.0 Å². The Balaban J connectivity index is 2.05. The van der Waals surface area contributed by atoms with E-state index in [1.54, 1.807) is 0 Å². The van der Waals surface area contributed by atoms with E-state index >= 15 is 0 Å². The molecule has 1 aromatic rings. The van der Waals surface area contributed by atoms with Crippen LogP contribution in [0, 0.1) is 11.7 Å². The summed E-state index contributed by atoms with van der Waals surface area (Å²) in [5, 5.41) is 6.20. The molecule has 100 valence electrons. The van der Waals surface area contributed by atoms with E-state index in [1.165, 1.54) is 19.0 Å². The summed E-state index contributed by atoms with van der Waals surface area (Å²) in [7, 11) is 0. The molecule has 0 aliphatic heterocycles. The van der Waals surface area contributed by atoms with Gasteiger partial charge in [0, 0.05) is 12.6 Å². The molecule has 5 heteroatoms. The van der Waals surface area contributed by atoms with Gasteiger partial charge in [0.2, 0.25) is 5.95 Å². The number of anilines is 2. The highest BCUT2D eigenvalue weighted by molar-refractivity contribution is 5.41. The van der Waals surface area contributed by atoms with Crippen molar-refractivity contribution in [1.29, 1.82) is 0 Å². The van der Waals surface area contributed by atoms with Crippen molar-refractivity contribution >= 4 is 11.8 Å². The molecule has 1 saturated carbocycles. The van der Waals surface area contributed by atoms with Gasteiger partial charge in [0.05, 0.1) is 6.20 Å². The van der Waals surface area contributed by atoms with Gasteiger partial charge in [-0.1, -0.05) is 19.8 Å². The van der Waals surface area contributed by atoms with E-state index in [9.17, 15) is 4.39 Å². The lowest BCUT2D eigenvalue weighted by atomic mass is 9.87. The minimum absolute atomic E-state index is 0.319. The molecule has 0 bridgehead atoms. The van der Waals surface area contributed by atoms with E-state index in [0.717, 1.165) is 19.4 Å². The van der Waals surface area contributed by atoms with Gasteiger partial charge in [-0.25, -0.2) is 9.37 Å². The molecule has 2 unspecified atom stereocenters. The van der Waals surface area contributed by atoms with Gasteiger partial charge in [0.1, 0.15) is 0 Å². The monoisotopic (exact) mass is 252 g/mol. The molecule has 0 aromatic carbocycles. The third-order valence-corrected chi connectivity index (χ3v) is 3.36. The molecule has 18 heavy (non-hydrogen) atoms. The zero-order chi connectivity index (χ0) is 13.0. The van der Waals surface area contributed by atoms with Crippen molar-refractivity contribution < 1.29 is 4.39 Å². The molecular weight excluding hydrogens is 231 g/mol. The topological polar surface area (TPSA) is 49.8 Å². The van der Waals surface area contributed by atoms with Gasteiger partial charge in [-0.15, -0.1) is 0 Å². The van der Waals surface area contributed by atoms with Gasteiger partial charge < -0.3 is 10.6 Å². The molecule has 0 saturated heterocycles. The molecule has 2 N–H and O–H groups in total. The Bertz CT molecular complexity index is 397. The summed E-state index contributed by atoms with van der Waals surface area (Å²) in [6.07, 6.45) is 5.86. The fourth-order valence-corrected chi connectivity index (χ4v) is 2.47. The van der Waals surface area contributed by atoms with Crippen LogP contribution < -0.4 is 10.6 Å². The molecule has 0 spiro atoms. The number of halogens is 1. The summed E-state index contributed by atoms with van der Waals surface area (Å²) in [6.45, 7) is 4.93. The molecule has 0 radical (unpaired) electrons. The number of hydrogen-bond donors (Lipinski definition) is 2. The first-order valence-electron chi connectivity index (χ1n) is 6.72. The summed E-state index contributed by atoms with van der Waals surface area (Å²) in [5.74, 6) is 1.12. The average molecular weight is 252 g/mol. The number of nitrogens with one attached hydrogen (secondary N) is 2. The fraction of sp³-hybridized carbons (Fsp3) is 0.692. The molecule has 1 aromatic heterocycles. The Morgan fingerprint density at radius 2 is 2.28 bits per heavy atom. The third-order valence-electron chi connectivity index (χ3n) is 3.36. The lowest BCUT2D eigenvalue weighted by Gasteiger charge is -2.28. The summed E-state index contributed by atoms with van der Waals surface area (Å²) in [4.78, 5) is 8.07. The van der Waals surface area contributed by atoms with Crippen LogP contribution in [0.3, 0.4) is 0 Å². The molecule has 4 nitrogen and oxygen atoms in total. The van der Waals surface area contributed by atoms with Crippen molar-refractivity contribution in [3.63, 3.8) is 0 Å². The molecular formula is C13H21FN4. The van der Waals surface area contributed by atoms with E-state index in [4.69, 9.17) is 0 Å². The SMILES string of the molecule is CCNc1ncc(F)c(NC2CCCC(C)C2)n1. The molecule has 2 atom stereocenters. The molecule has 0 amide bonds. The molecule has 1 heterocycles. The van der Waals surface area contributed by atoms with Gasteiger partial charge in [0.15, 0.2) is 11.6 Å². The zero-order valence-electron chi connectivity index (χ0n) is 11.0. The van der Waals surface area contributed by atoms with Gasteiger partial charge in [-0.2, -0.15) is 4.98 Å². The van der Waals surface area contributed by atoms with E-state index < -0.39 is 0 Å². The first kappa shape index (κ1) is 13.1. The second-order valence-electron chi connectivity index (χ2n) is 5.03. The first-order chi connectivity index (χ1) is 8.69. The normalized spacial score (nSPS) is 23.7. The van der Waals surface area contributed by atoms with Crippen LogP contribution >= 0.6 is 0 Å². The summed E-state index contributed by atoms with van der Waals surface area (Å²) >= 11 is 0. The highest BCUT2D eigenvalue weighted by Crippen LogP contribution is 2.26. The lowest BCUT2D eigenvalue weighted by molar-refractivity contribution is 0.357. The Morgan fingerprint density at radius 3 is 3.00 bits per heavy atom. The summed E-state index contributed by atoms with van der Waals surface area (Å²) in [5.41, 5.74) is 0. The van der Waals surface area contributed by atoms with E-state index in [1.807, 2.05) is 6.92 Å². The third kappa shape index (κ3) is 3.31. The van der Waals surface area contributed by atoms with Gasteiger partial charge in [-0.3, -0.25) is 0 Å². The van der Waals surface area contributed by atoms with Crippen molar-refractivity contribution in [1.82, 2.24) is 9.97 Å². The Labute approximate surface area is 107 Å². The van der Waals surface area contributed by atoms with Crippen LogP contribution in [-0.2, 0) is 0 Å². The first-order valence-corrected chi connectivity index (χ1v) is 6.72. The minimum Gasteiger partial charge on any atom is -0.365 e. The van der Waals surface area contributed by atoms with Crippen LogP contribution in [0.1, 0.15) is 39.5 Å². The van der Waals surface area contributed by atoms with Crippen LogP contribution in [0.2, 0.25) is 0 Å². The lowest BCUT2D eigenvalue weighted by Crippen LogP contribution is -2.27. The largest absolute Gasteiger partial charge is 0.365 e. The van der Waals surface area contributed by atoms with Gasteiger partial charge in [-0.05, 0) is 25.7 Å². The predicted molar refractivity (Wildman–Crippen MR) is 71.2 cm³/mol. The average Bonchev–Trinajstić information content (AvgIpc) is 2.34. The maximum Gasteiger partial charge on any atom is 0.224 e. The highest BCUT2D eigenvalue weighted by atomic mass is 19.1. The number of aromatic nitrogens is 2. The fourth-order valence-electron chi connectivity index (χ4n) is 2.47. The van der Waals surface area contributed by atoms with E-state index in [2.05, 4.69) is 27.5 Å². The summed E-state index contributed by atoms with van der Waals surface area (Å²) < 4.78 is 13.6. The van der Waals surface area contributed by atoms with Crippen molar-refractivity contribution in [2.75, 3.05) is 17.2 Å². The van der Waals surface area contributed by atoms with Gasteiger partial charge in [0.25, 0.3) is 0 Å². The number of nitrogens with zero attached hydrogens (tertiary/aromatic N) is 2. The highest BCUT2D eigenvalue weighted by Gasteiger charge is 2.20.